The first-order chi connectivity index (χ1) is 10.8. The summed E-state index contributed by atoms with van der Waals surface area (Å²) in [6.07, 6.45) is -15.6. The first-order valence-electron chi connectivity index (χ1n) is 7.08. The van der Waals surface area contributed by atoms with Gasteiger partial charge in [0.25, 0.3) is 0 Å². The number of ether oxygens (including phenoxy) is 3. The summed E-state index contributed by atoms with van der Waals surface area (Å²) in [5.74, 6) is 0. The zero-order valence-corrected chi connectivity index (χ0v) is 12.0. The van der Waals surface area contributed by atoms with Crippen molar-refractivity contribution in [1.82, 2.24) is 0 Å². The number of hydrogen-bond donors (Lipinski definition) is 8. The van der Waals surface area contributed by atoms with E-state index in [-0.39, 0.29) is 0 Å². The molecule has 0 aromatic rings. The molecule has 2 rings (SSSR count). The zero-order chi connectivity index (χ0) is 17.3. The van der Waals surface area contributed by atoms with Crippen LogP contribution in [0.4, 0.5) is 0 Å². The summed E-state index contributed by atoms with van der Waals surface area (Å²) in [6, 6.07) is 0. The lowest BCUT2D eigenvalue weighted by atomic mass is 9.97. The van der Waals surface area contributed by atoms with Crippen molar-refractivity contribution in [2.75, 3.05) is 13.2 Å². The van der Waals surface area contributed by atoms with Gasteiger partial charge in [0.2, 0.25) is 0 Å². The number of hydrogen-bond acceptors (Lipinski definition) is 11. The van der Waals surface area contributed by atoms with Gasteiger partial charge in [0.05, 0.1) is 13.2 Å². The van der Waals surface area contributed by atoms with E-state index < -0.39 is 74.6 Å². The van der Waals surface area contributed by atoms with Crippen LogP contribution in [0.1, 0.15) is 0 Å². The molecule has 1 unspecified atom stereocenters. The fourth-order valence-corrected chi connectivity index (χ4v) is 2.57. The molecule has 2 saturated heterocycles. The first-order valence-corrected chi connectivity index (χ1v) is 7.08. The Bertz CT molecular complexity index is 378. The van der Waals surface area contributed by atoms with Crippen molar-refractivity contribution in [1.29, 1.82) is 0 Å². The van der Waals surface area contributed by atoms with Crippen LogP contribution in [0, 0.1) is 0 Å². The van der Waals surface area contributed by atoms with Crippen LogP contribution in [0.3, 0.4) is 0 Å². The van der Waals surface area contributed by atoms with Crippen LogP contribution in [0.2, 0.25) is 0 Å². The third-order valence-corrected chi connectivity index (χ3v) is 3.98. The van der Waals surface area contributed by atoms with Crippen LogP contribution >= 0.6 is 0 Å². The van der Waals surface area contributed by atoms with Gasteiger partial charge in [-0.3, -0.25) is 0 Å². The Kier molecular flexibility index (Phi) is 6.27. The molecule has 2 aliphatic heterocycles. The van der Waals surface area contributed by atoms with Gasteiger partial charge in [0.15, 0.2) is 12.6 Å². The third kappa shape index (κ3) is 3.65. The van der Waals surface area contributed by atoms with Gasteiger partial charge in [0.1, 0.15) is 48.8 Å². The molecule has 136 valence electrons. The van der Waals surface area contributed by atoms with Crippen molar-refractivity contribution in [3.05, 3.63) is 0 Å². The lowest BCUT2D eigenvalue weighted by Gasteiger charge is -2.45. The highest BCUT2D eigenvalue weighted by atomic mass is 16.7. The molecule has 10 atom stereocenters. The second-order valence-corrected chi connectivity index (χ2v) is 5.53. The molecular formula is C12H22O11. The molecule has 8 N–H and O–H groups in total. The lowest BCUT2D eigenvalue weighted by molar-refractivity contribution is -0.355. The van der Waals surface area contributed by atoms with E-state index >= 15 is 0 Å². The Morgan fingerprint density at radius 3 is 1.83 bits per heavy atom. The highest BCUT2D eigenvalue weighted by Gasteiger charge is 2.50. The summed E-state index contributed by atoms with van der Waals surface area (Å²) in [4.78, 5) is 0. The van der Waals surface area contributed by atoms with E-state index in [0.717, 1.165) is 0 Å². The summed E-state index contributed by atoms with van der Waals surface area (Å²) in [5.41, 5.74) is 0. The number of rotatable bonds is 4. The molecule has 0 aromatic carbocycles. The largest absolute Gasteiger partial charge is 0.394 e. The van der Waals surface area contributed by atoms with Crippen molar-refractivity contribution >= 4 is 0 Å². The predicted molar refractivity (Wildman–Crippen MR) is 68.6 cm³/mol. The van der Waals surface area contributed by atoms with Crippen LogP contribution < -0.4 is 0 Å². The third-order valence-electron chi connectivity index (χ3n) is 3.98. The molecule has 2 fully saturated rings. The van der Waals surface area contributed by atoms with Crippen molar-refractivity contribution in [2.45, 2.75) is 61.4 Å². The number of aliphatic hydroxyl groups is 8. The fourth-order valence-electron chi connectivity index (χ4n) is 2.57. The summed E-state index contributed by atoms with van der Waals surface area (Å²) < 4.78 is 15.3. The molecule has 0 radical (unpaired) electrons. The van der Waals surface area contributed by atoms with Crippen molar-refractivity contribution in [3.8, 4) is 0 Å². The average Bonchev–Trinajstić information content (AvgIpc) is 2.55. The molecule has 23 heavy (non-hydrogen) atoms. The van der Waals surface area contributed by atoms with Gasteiger partial charge >= 0.3 is 0 Å². The van der Waals surface area contributed by atoms with E-state index in [1.807, 2.05) is 0 Å². The van der Waals surface area contributed by atoms with E-state index in [0.29, 0.717) is 0 Å². The summed E-state index contributed by atoms with van der Waals surface area (Å²) >= 11 is 0. The second kappa shape index (κ2) is 7.63. The highest BCUT2D eigenvalue weighted by molar-refractivity contribution is 4.93. The smallest absolute Gasteiger partial charge is 0.187 e. The van der Waals surface area contributed by atoms with E-state index in [2.05, 4.69) is 0 Å². The quantitative estimate of drug-likeness (QED) is 0.243. The van der Waals surface area contributed by atoms with Gasteiger partial charge in [0, 0.05) is 0 Å². The maximum Gasteiger partial charge on any atom is 0.187 e. The Morgan fingerprint density at radius 1 is 0.652 bits per heavy atom. The Labute approximate surface area is 130 Å². The maximum atomic E-state index is 9.94. The van der Waals surface area contributed by atoms with E-state index in [9.17, 15) is 35.7 Å². The van der Waals surface area contributed by atoms with Gasteiger partial charge in [-0.25, -0.2) is 0 Å². The minimum atomic E-state index is -1.74. The summed E-state index contributed by atoms with van der Waals surface area (Å²) in [6.45, 7) is -1.35. The first kappa shape index (κ1) is 18.9. The van der Waals surface area contributed by atoms with Crippen LogP contribution in [0.5, 0.6) is 0 Å². The standard InChI is InChI=1S/C12H22O11/c13-1-3-5(15)6(16)9(19)12(22-3)23-10-4(2-14)21-11(20)8(18)7(10)17/h3-20H,1-2H2/t3-,4-,5-,6+,7-,8+,9-,10-,11+,12?/m1/s1. The number of aliphatic hydroxyl groups excluding tert-OH is 8. The van der Waals surface area contributed by atoms with Crippen LogP contribution in [-0.4, -0.2) is 115 Å². The van der Waals surface area contributed by atoms with Crippen molar-refractivity contribution in [3.63, 3.8) is 0 Å². The van der Waals surface area contributed by atoms with Crippen LogP contribution in [-0.2, 0) is 14.2 Å². The van der Waals surface area contributed by atoms with Gasteiger partial charge in [-0.1, -0.05) is 0 Å². The van der Waals surface area contributed by atoms with E-state index in [1.165, 1.54) is 0 Å². The average molecular weight is 342 g/mol. The van der Waals surface area contributed by atoms with Crippen molar-refractivity contribution < 1.29 is 55.1 Å². The van der Waals surface area contributed by atoms with Gasteiger partial charge in [-0.2, -0.15) is 0 Å². The molecule has 0 saturated carbocycles. The van der Waals surface area contributed by atoms with E-state index in [4.69, 9.17) is 19.3 Å². The minimum absolute atomic E-state index is 0.667. The highest BCUT2D eigenvalue weighted by Crippen LogP contribution is 2.28. The van der Waals surface area contributed by atoms with Gasteiger partial charge in [-0.05, 0) is 0 Å². The molecule has 2 aliphatic rings. The van der Waals surface area contributed by atoms with Gasteiger partial charge in [-0.15, -0.1) is 0 Å². The SMILES string of the molecule is OC[C@H]1OC(O[C@H]2[C@H](O)[C@H](O)[C@@H](O)O[C@@H]2CO)[C@H](O)[C@@H](O)[C@@H]1O. The minimum Gasteiger partial charge on any atom is -0.394 e. The van der Waals surface area contributed by atoms with E-state index in [1.54, 1.807) is 0 Å². The molecule has 2 heterocycles. The zero-order valence-electron chi connectivity index (χ0n) is 12.0. The topological polar surface area (TPSA) is 190 Å². The molecule has 11 nitrogen and oxygen atoms in total. The molecule has 0 amide bonds. The monoisotopic (exact) mass is 342 g/mol. The van der Waals surface area contributed by atoms with Gasteiger partial charge < -0.3 is 55.1 Å². The van der Waals surface area contributed by atoms with Crippen LogP contribution in [0.15, 0.2) is 0 Å². The fraction of sp³-hybridized carbons (Fsp3) is 1.00. The Hall–Kier alpha value is -0.440. The van der Waals surface area contributed by atoms with Crippen LogP contribution in [0.25, 0.3) is 0 Å². The molecule has 0 aromatic heterocycles. The Balaban J connectivity index is 2.11. The normalized spacial score (nSPS) is 51.7. The molecule has 11 heteroatoms. The molecule has 0 bridgehead atoms. The summed E-state index contributed by atoms with van der Waals surface area (Å²) in [7, 11) is 0. The van der Waals surface area contributed by atoms with Crippen molar-refractivity contribution in [2.24, 2.45) is 0 Å². The molecule has 0 spiro atoms. The molecule has 0 aliphatic carbocycles. The predicted octanol–water partition coefficient (Wildman–Crippen LogP) is -5.40. The molecular weight excluding hydrogens is 320 g/mol. The Morgan fingerprint density at radius 2 is 1.26 bits per heavy atom. The lowest BCUT2D eigenvalue weighted by Crippen LogP contribution is -2.64. The second-order valence-electron chi connectivity index (χ2n) is 5.53. The maximum absolute atomic E-state index is 9.94. The summed E-state index contributed by atoms with van der Waals surface area (Å²) in [5, 5.41) is 76.5.